The van der Waals surface area contributed by atoms with E-state index in [-0.39, 0.29) is 0 Å². The van der Waals surface area contributed by atoms with Crippen LogP contribution in [0.4, 0.5) is 11.4 Å². The summed E-state index contributed by atoms with van der Waals surface area (Å²) in [6.07, 6.45) is 10.4. The van der Waals surface area contributed by atoms with E-state index in [4.69, 9.17) is 11.5 Å². The molecule has 0 heterocycles. The van der Waals surface area contributed by atoms with Gasteiger partial charge < -0.3 is 11.5 Å². The Kier molecular flexibility index (Phi) is 16.8. The summed E-state index contributed by atoms with van der Waals surface area (Å²) < 4.78 is 0. The zero-order valence-corrected chi connectivity index (χ0v) is 33.8. The number of anilines is 2. The van der Waals surface area contributed by atoms with Crippen LogP contribution in [0.25, 0.3) is 44.8 Å². The quantitative estimate of drug-likeness (QED) is 0.0924. The second kappa shape index (κ2) is 22.4. The van der Waals surface area contributed by atoms with E-state index in [1.807, 2.05) is 80.6 Å². The maximum Gasteiger partial charge on any atom is 0.0658 e. The zero-order chi connectivity index (χ0) is 41.0. The lowest BCUT2D eigenvalue weighted by Gasteiger charge is -2.13. The Balaban J connectivity index is 0.000000218. The molecule has 0 atom stereocenters. The molecule has 7 rings (SSSR count). The number of benzene rings is 7. The van der Waals surface area contributed by atoms with Gasteiger partial charge >= 0.3 is 0 Å². The molecule has 57 heavy (non-hydrogen) atoms. The highest BCUT2D eigenvalue weighted by Crippen LogP contribution is 2.34. The van der Waals surface area contributed by atoms with E-state index in [0.29, 0.717) is 11.4 Å². The summed E-state index contributed by atoms with van der Waals surface area (Å²) >= 11 is 0. The van der Waals surface area contributed by atoms with Crippen molar-refractivity contribution in [3.63, 3.8) is 0 Å². The first-order chi connectivity index (χ1) is 27.7. The molecule has 0 aliphatic carbocycles. The third-order valence-electron chi connectivity index (χ3n) is 9.41. The molecule has 0 aliphatic heterocycles. The van der Waals surface area contributed by atoms with Crippen molar-refractivity contribution in [2.45, 2.75) is 34.1 Å². The molecule has 0 spiro atoms. The highest BCUT2D eigenvalue weighted by Gasteiger charge is 2.10. The Hall–Kier alpha value is -6.97. The number of fused-ring (bicyclic) bond motifs is 1. The van der Waals surface area contributed by atoms with E-state index in [1.165, 1.54) is 38.9 Å². The van der Waals surface area contributed by atoms with Crippen molar-refractivity contribution in [2.24, 2.45) is 4.99 Å². The molecule has 0 saturated carbocycles. The van der Waals surface area contributed by atoms with E-state index in [0.717, 1.165) is 39.6 Å². The number of aryl methyl sites for hydroxylation is 2. The number of nitrogen functional groups attached to an aromatic ring is 2. The summed E-state index contributed by atoms with van der Waals surface area (Å²) in [5.74, 6) is 0. The van der Waals surface area contributed by atoms with Crippen LogP contribution < -0.4 is 11.5 Å². The maximum absolute atomic E-state index is 5.98. The monoisotopic (exact) mass is 745 g/mol. The first-order valence-corrected chi connectivity index (χ1v) is 19.1. The Bertz CT molecular complexity index is 2380. The number of aliphatic imine (C=N–C) groups is 1. The molecule has 0 fully saturated rings. The van der Waals surface area contributed by atoms with E-state index >= 15 is 0 Å². The average molecular weight is 746 g/mol. The van der Waals surface area contributed by atoms with Crippen molar-refractivity contribution in [1.29, 1.82) is 0 Å². The molecule has 0 bridgehead atoms. The van der Waals surface area contributed by atoms with Gasteiger partial charge in [-0.05, 0) is 90.7 Å². The molecule has 0 saturated heterocycles. The second-order valence-corrected chi connectivity index (χ2v) is 13.5. The lowest BCUT2D eigenvalue weighted by atomic mass is 9.96. The summed E-state index contributed by atoms with van der Waals surface area (Å²) in [5.41, 5.74) is 26.1. The van der Waals surface area contributed by atoms with Gasteiger partial charge in [-0.2, -0.15) is 0 Å². The van der Waals surface area contributed by atoms with E-state index in [9.17, 15) is 0 Å². The summed E-state index contributed by atoms with van der Waals surface area (Å²) in [7, 11) is 0. The number of allylic oxidation sites excluding steroid dienone is 4. The molecular weight excluding hydrogens is 691 g/mol. The number of hydrogen-bond acceptors (Lipinski definition) is 3. The van der Waals surface area contributed by atoms with Crippen LogP contribution in [0.5, 0.6) is 0 Å². The van der Waals surface area contributed by atoms with E-state index in [2.05, 4.69) is 154 Å². The van der Waals surface area contributed by atoms with Gasteiger partial charge in [-0.25, -0.2) is 0 Å². The zero-order valence-electron chi connectivity index (χ0n) is 33.8. The highest BCUT2D eigenvalue weighted by molar-refractivity contribution is 6.04. The summed E-state index contributed by atoms with van der Waals surface area (Å²) in [6, 6.07) is 54.5. The van der Waals surface area contributed by atoms with Crippen molar-refractivity contribution >= 4 is 40.6 Å². The van der Waals surface area contributed by atoms with Gasteiger partial charge in [0, 0.05) is 5.39 Å². The van der Waals surface area contributed by atoms with Gasteiger partial charge in [0.1, 0.15) is 0 Å². The molecular formula is C54H55N3. The smallest absolute Gasteiger partial charge is 0.0658 e. The van der Waals surface area contributed by atoms with Crippen molar-refractivity contribution in [2.75, 3.05) is 11.5 Å². The van der Waals surface area contributed by atoms with Gasteiger partial charge in [0.05, 0.1) is 17.1 Å². The van der Waals surface area contributed by atoms with Crippen LogP contribution in [0.15, 0.2) is 200 Å². The van der Waals surface area contributed by atoms with Crippen LogP contribution in [-0.2, 0) is 6.42 Å². The van der Waals surface area contributed by atoms with Crippen molar-refractivity contribution < 1.29 is 0 Å². The summed E-state index contributed by atoms with van der Waals surface area (Å²) in [6.45, 7) is 19.2. The van der Waals surface area contributed by atoms with Gasteiger partial charge in [-0.15, -0.1) is 0 Å². The average Bonchev–Trinajstić information content (AvgIpc) is 3.26. The third kappa shape index (κ3) is 12.5. The van der Waals surface area contributed by atoms with Gasteiger partial charge in [0.25, 0.3) is 0 Å². The van der Waals surface area contributed by atoms with Crippen LogP contribution in [-0.4, -0.2) is 6.72 Å². The van der Waals surface area contributed by atoms with Crippen molar-refractivity contribution in [3.8, 4) is 22.3 Å². The maximum atomic E-state index is 5.98. The molecule has 7 aromatic carbocycles. The standard InChI is InChI=1S/C29H25N.C13H14N2.C7H8.C5H8/c1-22-8-13-25(14-9-22)27-17-19-28(20-18-27)29(30-2)21-12-23-10-15-26(16-11-23)24-6-4-3-5-7-24;1-3-9-8(2)12(14)13(15)11-7-5-4-6-10(9)11;1-7-5-3-2-4-6-7;1-3-5-4-2/h3-11,13-21H,2,12H2,1H3;3-7H,1,14-15H2,2H3;2-6H,1H3;3-5H,1H2,2H3/b29-21-;;;5-4-. The minimum Gasteiger partial charge on any atom is -0.397 e. The lowest BCUT2D eigenvalue weighted by Crippen LogP contribution is -2.00. The number of rotatable bonds is 8. The summed E-state index contributed by atoms with van der Waals surface area (Å²) in [5, 5.41) is 2.10. The fourth-order valence-corrected chi connectivity index (χ4v) is 6.11. The minimum atomic E-state index is 0.656. The van der Waals surface area contributed by atoms with Crippen LogP contribution in [0.3, 0.4) is 0 Å². The molecule has 0 unspecified atom stereocenters. The van der Waals surface area contributed by atoms with Gasteiger partial charge in [-0.1, -0.05) is 212 Å². The Morgan fingerprint density at radius 1 is 0.561 bits per heavy atom. The molecule has 0 aromatic heterocycles. The molecule has 0 aliphatic rings. The number of nitrogens with zero attached hydrogens (tertiary/aromatic N) is 1. The Morgan fingerprint density at radius 3 is 1.51 bits per heavy atom. The first-order valence-electron chi connectivity index (χ1n) is 19.1. The SMILES string of the molecule is C=C/C=C\C.C=Cc1c(C)c(N)c(N)c2ccccc12.C=N/C(=C\Cc1ccc(-c2ccccc2)cc1)c1ccc(-c2ccc(C)cc2)cc1.Cc1ccccc1. The van der Waals surface area contributed by atoms with E-state index in [1.54, 1.807) is 6.08 Å². The minimum absolute atomic E-state index is 0.656. The van der Waals surface area contributed by atoms with Crippen LogP contribution in [0, 0.1) is 20.8 Å². The third-order valence-corrected chi connectivity index (χ3v) is 9.41. The normalized spacial score (nSPS) is 10.6. The molecule has 3 heteroatoms. The number of hydrogen-bond donors (Lipinski definition) is 2. The van der Waals surface area contributed by atoms with Crippen LogP contribution in [0.2, 0.25) is 0 Å². The fraction of sp³-hybridized carbons (Fsp3) is 0.0926. The van der Waals surface area contributed by atoms with Crippen molar-refractivity contribution in [3.05, 3.63) is 229 Å². The fourth-order valence-electron chi connectivity index (χ4n) is 6.11. The summed E-state index contributed by atoms with van der Waals surface area (Å²) in [4.78, 5) is 4.26. The van der Waals surface area contributed by atoms with E-state index < -0.39 is 0 Å². The molecule has 3 nitrogen and oxygen atoms in total. The Morgan fingerprint density at radius 2 is 1.04 bits per heavy atom. The topological polar surface area (TPSA) is 64.4 Å². The highest BCUT2D eigenvalue weighted by atomic mass is 14.7. The second-order valence-electron chi connectivity index (χ2n) is 13.5. The molecule has 4 N–H and O–H groups in total. The largest absolute Gasteiger partial charge is 0.397 e. The lowest BCUT2D eigenvalue weighted by molar-refractivity contribution is 1.26. The Labute approximate surface area is 340 Å². The molecule has 0 amide bonds. The predicted octanol–water partition coefficient (Wildman–Crippen LogP) is 14.3. The molecule has 0 radical (unpaired) electrons. The van der Waals surface area contributed by atoms with Gasteiger partial charge in [-0.3, -0.25) is 4.99 Å². The van der Waals surface area contributed by atoms with Crippen LogP contribution >= 0.6 is 0 Å². The molecule has 7 aromatic rings. The van der Waals surface area contributed by atoms with Gasteiger partial charge in [0.2, 0.25) is 0 Å². The number of nitrogens with two attached hydrogens (primary N) is 2. The predicted molar refractivity (Wildman–Crippen MR) is 254 cm³/mol. The van der Waals surface area contributed by atoms with Gasteiger partial charge in [0.15, 0.2) is 0 Å². The molecule has 286 valence electrons. The van der Waals surface area contributed by atoms with Crippen LogP contribution in [0.1, 0.15) is 40.3 Å². The van der Waals surface area contributed by atoms with Crippen molar-refractivity contribution in [1.82, 2.24) is 0 Å². The first kappa shape index (κ1) is 42.8.